The lowest BCUT2D eigenvalue weighted by Gasteiger charge is -2.55. The maximum Gasteiger partial charge on any atom is 0.334 e. The molecule has 234 valence electrons. The van der Waals surface area contributed by atoms with Crippen LogP contribution in [0.2, 0.25) is 0 Å². The molecule has 4 amide bonds. The number of nitrogens with zero attached hydrogens (tertiary/aromatic N) is 5. The molecule has 2 fully saturated rings. The van der Waals surface area contributed by atoms with E-state index in [1.165, 1.54) is 0 Å². The van der Waals surface area contributed by atoms with Crippen LogP contribution in [0.4, 0.5) is 4.79 Å². The van der Waals surface area contributed by atoms with E-state index in [1.54, 1.807) is 62.6 Å². The molecule has 2 aliphatic rings. The number of urea groups is 1. The average Bonchev–Trinajstić information content (AvgIpc) is 3.07. The summed E-state index contributed by atoms with van der Waals surface area (Å²) in [5.41, 5.74) is 4.66. The van der Waals surface area contributed by atoms with Crippen molar-refractivity contribution in [1.29, 1.82) is 0 Å². The number of carbonyl (C=O) groups excluding carboxylic acids is 3. The Morgan fingerprint density at radius 1 is 0.913 bits per heavy atom. The zero-order valence-corrected chi connectivity index (χ0v) is 25.4. The van der Waals surface area contributed by atoms with Crippen LogP contribution in [0.15, 0.2) is 116 Å². The molecule has 0 spiro atoms. The van der Waals surface area contributed by atoms with E-state index in [4.69, 9.17) is 0 Å². The van der Waals surface area contributed by atoms with Gasteiger partial charge in [-0.3, -0.25) is 14.6 Å². The number of hydrogen-bond donors (Lipinski definition) is 2. The van der Waals surface area contributed by atoms with Gasteiger partial charge in [0.15, 0.2) is 0 Å². The number of phenols is 1. The van der Waals surface area contributed by atoms with Crippen LogP contribution >= 0.6 is 0 Å². The van der Waals surface area contributed by atoms with Crippen molar-refractivity contribution in [2.75, 3.05) is 19.6 Å². The molecule has 2 atom stereocenters. The van der Waals surface area contributed by atoms with Gasteiger partial charge in [-0.15, -0.1) is 6.58 Å². The molecule has 6 rings (SSSR count). The minimum atomic E-state index is -0.852. The van der Waals surface area contributed by atoms with Crippen molar-refractivity contribution in [3.63, 3.8) is 0 Å². The molecule has 3 aromatic carbocycles. The first kappa shape index (κ1) is 30.5. The van der Waals surface area contributed by atoms with Crippen LogP contribution in [0, 0.1) is 0 Å². The summed E-state index contributed by atoms with van der Waals surface area (Å²) in [5.74, 6) is -0.327. The van der Waals surface area contributed by atoms with Gasteiger partial charge in [-0.1, -0.05) is 66.7 Å². The first-order valence-electron chi connectivity index (χ1n) is 15.2. The first-order chi connectivity index (χ1) is 22.4. The lowest BCUT2D eigenvalue weighted by molar-refractivity contribution is -0.189. The maximum atomic E-state index is 14.3. The highest BCUT2D eigenvalue weighted by molar-refractivity contribution is 5.91. The van der Waals surface area contributed by atoms with E-state index in [-0.39, 0.29) is 49.7 Å². The van der Waals surface area contributed by atoms with Crippen molar-refractivity contribution in [2.24, 2.45) is 0 Å². The second-order valence-corrected chi connectivity index (χ2v) is 11.4. The highest BCUT2D eigenvalue weighted by Gasteiger charge is 2.51. The SMILES string of the molecule is C=CCN1CC(=O)N2[C@@H](Cc3ccc(O)cc3)C(=O)N(Cc3cccc(-c4ccncc4)c3)C[C@@H]2N1C(=O)NCc1ccccc1. The van der Waals surface area contributed by atoms with E-state index in [1.807, 2.05) is 66.7 Å². The van der Waals surface area contributed by atoms with Crippen molar-refractivity contribution in [3.8, 4) is 16.9 Å². The van der Waals surface area contributed by atoms with Gasteiger partial charge in [0.2, 0.25) is 11.8 Å². The van der Waals surface area contributed by atoms with Crippen LogP contribution in [0.1, 0.15) is 16.7 Å². The predicted octanol–water partition coefficient (Wildman–Crippen LogP) is 4.19. The Balaban J connectivity index is 1.34. The molecular formula is C36H36N6O4. The molecule has 2 saturated heterocycles. The number of aromatic hydroxyl groups is 1. The van der Waals surface area contributed by atoms with E-state index >= 15 is 0 Å². The molecule has 3 heterocycles. The third-order valence-electron chi connectivity index (χ3n) is 8.34. The zero-order valence-electron chi connectivity index (χ0n) is 25.4. The fourth-order valence-corrected chi connectivity index (χ4v) is 6.17. The topological polar surface area (TPSA) is 109 Å². The summed E-state index contributed by atoms with van der Waals surface area (Å²) >= 11 is 0. The molecule has 1 aromatic heterocycles. The van der Waals surface area contributed by atoms with Crippen molar-refractivity contribution >= 4 is 17.8 Å². The fraction of sp³-hybridized carbons (Fsp3) is 0.222. The number of aromatic nitrogens is 1. The Morgan fingerprint density at radius 2 is 1.65 bits per heavy atom. The van der Waals surface area contributed by atoms with Crippen molar-refractivity contribution < 1.29 is 19.5 Å². The normalized spacial score (nSPS) is 18.3. The van der Waals surface area contributed by atoms with Crippen LogP contribution in [0.25, 0.3) is 11.1 Å². The molecule has 10 nitrogen and oxygen atoms in total. The molecule has 2 aliphatic heterocycles. The standard InChI is InChI=1S/C36H36N6O4/c1-2-19-40-25-34(44)41-32(21-26-11-13-31(43)14-12-26)35(45)39(23-28-9-6-10-30(20-28)29-15-17-37-18-16-29)24-33(41)42(40)36(46)38-22-27-7-4-3-5-8-27/h2-18,20,32-33,43H,1,19,21-25H2,(H,38,46)/t32-,33-/m0/s1. The molecule has 0 aliphatic carbocycles. The summed E-state index contributed by atoms with van der Waals surface area (Å²) in [4.78, 5) is 49.4. The summed E-state index contributed by atoms with van der Waals surface area (Å²) < 4.78 is 0. The van der Waals surface area contributed by atoms with Gasteiger partial charge < -0.3 is 20.2 Å². The molecule has 10 heteroatoms. The maximum absolute atomic E-state index is 14.3. The minimum absolute atomic E-state index is 0.0748. The second kappa shape index (κ2) is 13.7. The summed E-state index contributed by atoms with van der Waals surface area (Å²) in [5, 5.41) is 16.1. The Kier molecular flexibility index (Phi) is 9.07. The number of fused-ring (bicyclic) bond motifs is 1. The molecule has 2 N–H and O–H groups in total. The van der Waals surface area contributed by atoms with E-state index in [9.17, 15) is 19.5 Å². The van der Waals surface area contributed by atoms with E-state index in [0.29, 0.717) is 13.1 Å². The molecule has 0 bridgehead atoms. The van der Waals surface area contributed by atoms with Gasteiger partial charge in [0, 0.05) is 38.4 Å². The van der Waals surface area contributed by atoms with Crippen molar-refractivity contribution in [1.82, 2.24) is 30.1 Å². The van der Waals surface area contributed by atoms with Crippen LogP contribution < -0.4 is 5.32 Å². The summed E-state index contributed by atoms with van der Waals surface area (Å²) in [6.07, 6.45) is 4.62. The number of nitrogens with one attached hydrogen (secondary N) is 1. The number of phenolic OH excluding ortho intramolecular Hbond substituents is 1. The van der Waals surface area contributed by atoms with Gasteiger partial charge in [-0.2, -0.15) is 0 Å². The summed E-state index contributed by atoms with van der Waals surface area (Å²) in [6.45, 7) is 4.78. The highest BCUT2D eigenvalue weighted by atomic mass is 16.3. The Labute approximate surface area is 268 Å². The van der Waals surface area contributed by atoms with Crippen LogP contribution in [0.5, 0.6) is 5.75 Å². The van der Waals surface area contributed by atoms with Crippen LogP contribution in [-0.4, -0.2) is 79.6 Å². The van der Waals surface area contributed by atoms with Gasteiger partial charge in [0.05, 0.1) is 13.1 Å². The smallest absolute Gasteiger partial charge is 0.334 e. The predicted molar refractivity (Wildman–Crippen MR) is 174 cm³/mol. The number of hydrogen-bond acceptors (Lipinski definition) is 6. The van der Waals surface area contributed by atoms with Crippen LogP contribution in [0.3, 0.4) is 0 Å². The fourth-order valence-electron chi connectivity index (χ4n) is 6.17. The monoisotopic (exact) mass is 616 g/mol. The molecule has 0 unspecified atom stereocenters. The third-order valence-corrected chi connectivity index (χ3v) is 8.34. The van der Waals surface area contributed by atoms with Gasteiger partial charge >= 0.3 is 6.03 Å². The first-order valence-corrected chi connectivity index (χ1v) is 15.2. The Morgan fingerprint density at radius 3 is 2.39 bits per heavy atom. The Bertz CT molecular complexity index is 1700. The lowest BCUT2D eigenvalue weighted by Crippen LogP contribution is -2.76. The van der Waals surface area contributed by atoms with E-state index in [0.717, 1.165) is 27.8 Å². The molecule has 0 radical (unpaired) electrons. The van der Waals surface area contributed by atoms with Gasteiger partial charge in [0.25, 0.3) is 0 Å². The van der Waals surface area contributed by atoms with Gasteiger partial charge in [-0.05, 0) is 58.1 Å². The van der Waals surface area contributed by atoms with Crippen LogP contribution in [-0.2, 0) is 29.1 Å². The number of amides is 4. The zero-order chi connectivity index (χ0) is 32.0. The number of pyridine rings is 1. The lowest BCUT2D eigenvalue weighted by atomic mass is 9.97. The quantitative estimate of drug-likeness (QED) is 0.273. The minimum Gasteiger partial charge on any atom is -0.508 e. The Hall–Kier alpha value is -5.48. The van der Waals surface area contributed by atoms with Gasteiger partial charge in [-0.25, -0.2) is 14.8 Å². The molecule has 46 heavy (non-hydrogen) atoms. The highest BCUT2D eigenvalue weighted by Crippen LogP contribution is 2.30. The summed E-state index contributed by atoms with van der Waals surface area (Å²) in [6, 6.07) is 26.9. The number of benzene rings is 3. The second-order valence-electron chi connectivity index (χ2n) is 11.4. The van der Waals surface area contributed by atoms with E-state index < -0.39 is 12.2 Å². The molecule has 0 saturated carbocycles. The number of hydrazine groups is 1. The molecule has 4 aromatic rings. The van der Waals surface area contributed by atoms with E-state index in [2.05, 4.69) is 16.9 Å². The number of piperazine rings is 1. The van der Waals surface area contributed by atoms with Crippen molar-refractivity contribution in [3.05, 3.63) is 133 Å². The van der Waals surface area contributed by atoms with Crippen molar-refractivity contribution in [2.45, 2.75) is 31.7 Å². The third kappa shape index (κ3) is 6.62. The average molecular weight is 617 g/mol. The number of carbonyl (C=O) groups is 3. The largest absolute Gasteiger partial charge is 0.508 e. The van der Waals surface area contributed by atoms with Gasteiger partial charge in [0.1, 0.15) is 18.0 Å². The summed E-state index contributed by atoms with van der Waals surface area (Å²) in [7, 11) is 0. The number of rotatable bonds is 9. The molecular weight excluding hydrogens is 580 g/mol.